The molecule has 0 saturated carbocycles. The summed E-state index contributed by atoms with van der Waals surface area (Å²) in [6.07, 6.45) is 6.92. The first-order chi connectivity index (χ1) is 23.5. The summed E-state index contributed by atoms with van der Waals surface area (Å²) in [6, 6.07) is 13.0. The summed E-state index contributed by atoms with van der Waals surface area (Å²) in [5, 5.41) is 20.2. The van der Waals surface area contributed by atoms with Crippen LogP contribution in [0.5, 0.6) is 0 Å². The number of nitrogens with two attached hydrogens (primary N) is 1. The average molecular weight is 709 g/mol. The van der Waals surface area contributed by atoms with Crippen LogP contribution >= 0.6 is 7.60 Å². The van der Waals surface area contributed by atoms with Gasteiger partial charge in [-0.2, -0.15) is 0 Å². The fourth-order valence-electron chi connectivity index (χ4n) is 6.46. The molecule has 13 nitrogen and oxygen atoms in total. The van der Waals surface area contributed by atoms with Crippen LogP contribution in [0.4, 0.5) is 0 Å². The smallest absolute Gasteiger partial charge is 0.329 e. The molecular weight excluding hydrogens is 663 g/mol. The van der Waals surface area contributed by atoms with Gasteiger partial charge in [0.2, 0.25) is 23.6 Å². The lowest BCUT2D eigenvalue weighted by Crippen LogP contribution is -2.60. The van der Waals surface area contributed by atoms with Crippen molar-refractivity contribution in [2.45, 2.75) is 76.0 Å². The van der Waals surface area contributed by atoms with Gasteiger partial charge < -0.3 is 36.6 Å². The zero-order valence-corrected chi connectivity index (χ0v) is 29.0. The second kappa shape index (κ2) is 16.4. The standard InChI is InChI=1S/C36H45N4O9P/c1-36(2)35(46)39-30(19-31(37)41)34(45)38-20-23(17-26-10-6-9-24-8-3-4-11-27(24)26)7-5-12-28(29(18-32(42)43)33(44)40-36)25-15-13-22(14-16-25)21-50(47,48)49/h3-5,8-9,11-16,23,28-30H,6-7,10,17-21H2,1-2H3,(H2,37,41)(H,38,45)(H,39,46)(H,40,44)(H,42,43)(H2,47,48,49)/b12-5+/t23-,28+,29-,30-/m0/s1. The third kappa shape index (κ3) is 10.7. The molecule has 1 aliphatic carbocycles. The molecule has 0 unspecified atom stereocenters. The minimum absolute atomic E-state index is 0.166. The molecule has 2 aliphatic rings. The number of carboxylic acids is 1. The lowest BCUT2D eigenvalue weighted by molar-refractivity contribution is -0.142. The van der Waals surface area contributed by atoms with Crippen molar-refractivity contribution in [2.75, 3.05) is 6.54 Å². The number of benzene rings is 2. The molecule has 0 radical (unpaired) electrons. The SMILES string of the molecule is CC1(C)NC(=O)[C@@H](CC(=O)O)[C@@H](c2ccc(CP(=O)(O)O)cc2)/C=C/C[C@@H](CC2=c3ccccc3=CCC2)CNC(=O)[C@H](CC(N)=O)NC1=O. The summed E-state index contributed by atoms with van der Waals surface area (Å²) in [7, 11) is -4.35. The molecule has 0 bridgehead atoms. The molecule has 0 fully saturated rings. The van der Waals surface area contributed by atoms with Gasteiger partial charge in [-0.25, -0.2) is 0 Å². The molecule has 50 heavy (non-hydrogen) atoms. The van der Waals surface area contributed by atoms with Gasteiger partial charge in [-0.15, -0.1) is 0 Å². The number of rotatable bonds is 9. The highest BCUT2D eigenvalue weighted by atomic mass is 31.2. The summed E-state index contributed by atoms with van der Waals surface area (Å²) in [6.45, 7) is 2.97. The van der Waals surface area contributed by atoms with E-state index in [2.05, 4.69) is 34.2 Å². The molecule has 0 spiro atoms. The molecule has 4 rings (SSSR count). The lowest BCUT2D eigenvalue weighted by atomic mass is 9.81. The van der Waals surface area contributed by atoms with Crippen molar-refractivity contribution in [1.82, 2.24) is 16.0 Å². The van der Waals surface area contributed by atoms with Gasteiger partial charge in [0.15, 0.2) is 0 Å². The van der Waals surface area contributed by atoms with Gasteiger partial charge in [0, 0.05) is 12.5 Å². The van der Waals surface area contributed by atoms with Crippen LogP contribution < -0.4 is 32.1 Å². The molecule has 0 aromatic heterocycles. The number of primary amides is 1. The van der Waals surface area contributed by atoms with E-state index in [1.807, 2.05) is 18.2 Å². The molecule has 1 heterocycles. The largest absolute Gasteiger partial charge is 0.481 e. The van der Waals surface area contributed by atoms with Crippen LogP contribution in [-0.4, -0.2) is 62.6 Å². The van der Waals surface area contributed by atoms with E-state index in [1.165, 1.54) is 31.6 Å². The Morgan fingerprint density at radius 3 is 2.36 bits per heavy atom. The lowest BCUT2D eigenvalue weighted by Gasteiger charge is -2.31. The molecular formula is C36H45N4O9P. The predicted molar refractivity (Wildman–Crippen MR) is 186 cm³/mol. The normalized spacial score (nSPS) is 23.8. The van der Waals surface area contributed by atoms with Crippen LogP contribution in [0, 0.1) is 11.8 Å². The van der Waals surface area contributed by atoms with Gasteiger partial charge in [-0.1, -0.05) is 72.3 Å². The Bertz CT molecular complexity index is 1820. The maximum absolute atomic E-state index is 13.9. The van der Waals surface area contributed by atoms with Crippen LogP contribution in [0.15, 0.2) is 60.7 Å². The van der Waals surface area contributed by atoms with E-state index < -0.39 is 79.6 Å². The molecule has 4 atom stereocenters. The van der Waals surface area contributed by atoms with E-state index in [-0.39, 0.29) is 12.5 Å². The Kier molecular flexibility index (Phi) is 12.6. The number of carbonyl (C=O) groups excluding carboxylic acids is 4. The molecule has 2 aromatic rings. The number of amides is 4. The number of hydrogen-bond acceptors (Lipinski definition) is 6. The Hall–Kier alpha value is -4.58. The third-order valence-electron chi connectivity index (χ3n) is 9.01. The fraction of sp³-hybridized carbons (Fsp3) is 0.417. The number of carboxylic acid groups (broad SMARTS) is 1. The highest BCUT2D eigenvalue weighted by molar-refractivity contribution is 7.50. The van der Waals surface area contributed by atoms with Crippen LogP contribution in [0.3, 0.4) is 0 Å². The topological polar surface area (TPSA) is 225 Å². The summed E-state index contributed by atoms with van der Waals surface area (Å²) in [4.78, 5) is 83.7. The van der Waals surface area contributed by atoms with Crippen LogP contribution in [0.25, 0.3) is 11.6 Å². The second-order valence-electron chi connectivity index (χ2n) is 13.5. The summed E-state index contributed by atoms with van der Waals surface area (Å²) in [5.74, 6) is -6.38. The third-order valence-corrected chi connectivity index (χ3v) is 9.79. The highest BCUT2D eigenvalue weighted by Gasteiger charge is 2.38. The van der Waals surface area contributed by atoms with Gasteiger partial charge in [-0.3, -0.25) is 28.5 Å². The predicted octanol–water partition coefficient (Wildman–Crippen LogP) is 1.30. The quantitative estimate of drug-likeness (QED) is 0.147. The van der Waals surface area contributed by atoms with Crippen LogP contribution in [0.2, 0.25) is 0 Å². The number of hydrogen-bond donors (Lipinski definition) is 7. The number of allylic oxidation sites excluding steroid dienone is 2. The van der Waals surface area contributed by atoms with Crippen molar-refractivity contribution in [3.8, 4) is 0 Å². The van der Waals surface area contributed by atoms with Gasteiger partial charge in [0.25, 0.3) is 0 Å². The van der Waals surface area contributed by atoms with Crippen molar-refractivity contribution in [3.05, 3.63) is 82.2 Å². The van der Waals surface area contributed by atoms with E-state index in [4.69, 9.17) is 5.73 Å². The average Bonchev–Trinajstić information content (AvgIpc) is 3.03. The number of aliphatic carboxylic acids is 1. The van der Waals surface area contributed by atoms with Gasteiger partial charge in [0.05, 0.1) is 24.9 Å². The summed E-state index contributed by atoms with van der Waals surface area (Å²) in [5.41, 5.74) is 5.88. The Balaban J connectivity index is 1.79. The van der Waals surface area contributed by atoms with Gasteiger partial charge >= 0.3 is 13.6 Å². The number of fused-ring (bicyclic) bond motifs is 1. The minimum atomic E-state index is -4.35. The number of nitrogens with one attached hydrogen (secondary N) is 3. The monoisotopic (exact) mass is 708 g/mol. The van der Waals surface area contributed by atoms with Crippen LogP contribution in [-0.2, 0) is 34.7 Å². The number of carbonyl (C=O) groups is 5. The molecule has 268 valence electrons. The molecule has 0 saturated heterocycles. The molecule has 14 heteroatoms. The van der Waals surface area contributed by atoms with E-state index in [1.54, 1.807) is 18.2 Å². The minimum Gasteiger partial charge on any atom is -0.481 e. The van der Waals surface area contributed by atoms with E-state index in [0.717, 1.165) is 23.3 Å². The first kappa shape index (κ1) is 38.2. The Morgan fingerprint density at radius 2 is 1.70 bits per heavy atom. The second-order valence-corrected chi connectivity index (χ2v) is 15.2. The van der Waals surface area contributed by atoms with E-state index in [9.17, 15) is 43.4 Å². The van der Waals surface area contributed by atoms with Crippen molar-refractivity contribution in [3.63, 3.8) is 0 Å². The maximum Gasteiger partial charge on any atom is 0.329 e. The zero-order chi connectivity index (χ0) is 36.6. The zero-order valence-electron chi connectivity index (χ0n) is 28.1. The van der Waals surface area contributed by atoms with E-state index >= 15 is 0 Å². The molecule has 8 N–H and O–H groups in total. The fourth-order valence-corrected chi connectivity index (χ4v) is 7.14. The highest BCUT2D eigenvalue weighted by Crippen LogP contribution is 2.39. The van der Waals surface area contributed by atoms with Gasteiger partial charge in [-0.05, 0) is 67.0 Å². The Labute approximate surface area is 290 Å². The van der Waals surface area contributed by atoms with Crippen molar-refractivity contribution >= 4 is 48.8 Å². The van der Waals surface area contributed by atoms with Crippen LogP contribution in [0.1, 0.15) is 69.4 Å². The Morgan fingerprint density at radius 1 is 1.00 bits per heavy atom. The maximum atomic E-state index is 13.9. The molecule has 2 aromatic carbocycles. The molecule has 4 amide bonds. The summed E-state index contributed by atoms with van der Waals surface area (Å²) < 4.78 is 11.6. The van der Waals surface area contributed by atoms with E-state index in [0.29, 0.717) is 24.0 Å². The van der Waals surface area contributed by atoms with Crippen molar-refractivity contribution in [2.24, 2.45) is 17.6 Å². The molecule has 1 aliphatic heterocycles. The van der Waals surface area contributed by atoms with Crippen molar-refractivity contribution < 1.29 is 43.4 Å². The first-order valence-corrected chi connectivity index (χ1v) is 18.3. The summed E-state index contributed by atoms with van der Waals surface area (Å²) >= 11 is 0. The van der Waals surface area contributed by atoms with Gasteiger partial charge in [0.1, 0.15) is 11.6 Å². The first-order valence-electron chi connectivity index (χ1n) is 16.5. The van der Waals surface area contributed by atoms with Crippen molar-refractivity contribution in [1.29, 1.82) is 0 Å².